The van der Waals surface area contributed by atoms with Gasteiger partial charge in [-0.05, 0) is 50.8 Å². The Kier molecular flexibility index (Phi) is 6.19. The number of hydrogen-bond donors (Lipinski definition) is 2. The molecule has 35 heavy (non-hydrogen) atoms. The minimum atomic E-state index is -0.867. The molecule has 9 nitrogen and oxygen atoms in total. The maximum Gasteiger partial charge on any atom is 0.163 e. The van der Waals surface area contributed by atoms with E-state index in [1.807, 2.05) is 17.8 Å². The van der Waals surface area contributed by atoms with Crippen molar-refractivity contribution in [3.63, 3.8) is 0 Å². The molecular formula is C25H25FN6O3. The molecule has 0 saturated heterocycles. The molecule has 1 fully saturated rings. The van der Waals surface area contributed by atoms with E-state index in [-0.39, 0.29) is 12.1 Å². The molecule has 4 aromatic rings. The lowest BCUT2D eigenvalue weighted by Crippen LogP contribution is -2.22. The third-order valence-electron chi connectivity index (χ3n) is 6.58. The maximum absolute atomic E-state index is 13.3. The van der Waals surface area contributed by atoms with Gasteiger partial charge in [0.15, 0.2) is 6.10 Å². The van der Waals surface area contributed by atoms with Crippen LogP contribution in [0.2, 0.25) is 0 Å². The lowest BCUT2D eigenvalue weighted by Gasteiger charge is -2.26. The van der Waals surface area contributed by atoms with Crippen LogP contribution in [0.1, 0.15) is 54.8 Å². The van der Waals surface area contributed by atoms with Gasteiger partial charge in [-0.15, -0.1) is 0 Å². The Hall–Kier alpha value is -3.81. The highest BCUT2D eigenvalue weighted by molar-refractivity contribution is 5.76. The number of aromatic nitrogens is 5. The van der Waals surface area contributed by atoms with Crippen LogP contribution >= 0.6 is 0 Å². The number of aliphatic hydroxyl groups excluding tert-OH is 2. The molecule has 4 heterocycles. The molecule has 10 heteroatoms. The van der Waals surface area contributed by atoms with Gasteiger partial charge in [-0.1, -0.05) is 0 Å². The topological polar surface area (TPSA) is 121 Å². The Balaban J connectivity index is 1.55. The van der Waals surface area contributed by atoms with Gasteiger partial charge >= 0.3 is 0 Å². The predicted octanol–water partition coefficient (Wildman–Crippen LogP) is 3.50. The molecule has 0 radical (unpaired) electrons. The Labute approximate surface area is 201 Å². The van der Waals surface area contributed by atoms with E-state index in [1.165, 1.54) is 18.3 Å². The SMILES string of the molecule is Cc1c(-c2cc(OC(CO)c3ccc(F)cn3)c3c(C#N)cnn3c2)cnn1C1CCC(O)CC1. The van der Waals surface area contributed by atoms with E-state index in [2.05, 4.69) is 21.3 Å². The highest BCUT2D eigenvalue weighted by Crippen LogP contribution is 2.36. The smallest absolute Gasteiger partial charge is 0.163 e. The first-order chi connectivity index (χ1) is 17.0. The van der Waals surface area contributed by atoms with Crippen molar-refractivity contribution in [1.82, 2.24) is 24.4 Å². The molecular weight excluding hydrogens is 451 g/mol. The number of aliphatic hydroxyl groups is 2. The van der Waals surface area contributed by atoms with Crippen molar-refractivity contribution in [3.8, 4) is 22.9 Å². The van der Waals surface area contributed by atoms with E-state index in [4.69, 9.17) is 4.74 Å². The summed E-state index contributed by atoms with van der Waals surface area (Å²) in [5.74, 6) is -0.146. The minimum absolute atomic E-state index is 0.227. The van der Waals surface area contributed by atoms with Crippen LogP contribution in [0.4, 0.5) is 4.39 Å². The van der Waals surface area contributed by atoms with Crippen LogP contribution in [0.25, 0.3) is 16.6 Å². The van der Waals surface area contributed by atoms with Gasteiger partial charge in [0.05, 0.1) is 43.0 Å². The van der Waals surface area contributed by atoms with E-state index in [0.29, 0.717) is 22.5 Å². The summed E-state index contributed by atoms with van der Waals surface area (Å²) in [5, 5.41) is 38.4. The third-order valence-corrected chi connectivity index (χ3v) is 6.58. The van der Waals surface area contributed by atoms with Crippen LogP contribution in [0.15, 0.2) is 43.0 Å². The number of halogens is 1. The van der Waals surface area contributed by atoms with Crippen molar-refractivity contribution in [3.05, 3.63) is 65.8 Å². The first-order valence-corrected chi connectivity index (χ1v) is 11.5. The molecule has 0 amide bonds. The monoisotopic (exact) mass is 476 g/mol. The minimum Gasteiger partial charge on any atom is -0.479 e. The second kappa shape index (κ2) is 9.44. The van der Waals surface area contributed by atoms with Crippen LogP contribution in [-0.4, -0.2) is 47.3 Å². The van der Waals surface area contributed by atoms with E-state index in [9.17, 15) is 19.9 Å². The summed E-state index contributed by atoms with van der Waals surface area (Å²) in [6.45, 7) is 1.61. The average molecular weight is 477 g/mol. The van der Waals surface area contributed by atoms with Crippen molar-refractivity contribution in [1.29, 1.82) is 5.26 Å². The zero-order chi connectivity index (χ0) is 24.5. The Morgan fingerprint density at radius 2 is 2.00 bits per heavy atom. The standard InChI is InChI=1S/C25H25FN6O3/c1-15-21(12-30-32(15)19-3-5-20(34)6-4-19)16-8-23(25-17(9-27)10-29-31(25)13-16)35-24(14-33)22-7-2-18(26)11-28-22/h2,7-8,10-13,19-20,24,33-34H,3-6,14H2,1H3. The molecule has 1 unspecified atom stereocenters. The Bertz CT molecular complexity index is 1380. The number of ether oxygens (including phenoxy) is 1. The van der Waals surface area contributed by atoms with Gasteiger partial charge in [-0.3, -0.25) is 9.67 Å². The molecule has 0 spiro atoms. The summed E-state index contributed by atoms with van der Waals surface area (Å²) in [5.41, 5.74) is 3.79. The highest BCUT2D eigenvalue weighted by Gasteiger charge is 2.25. The fourth-order valence-electron chi connectivity index (χ4n) is 4.70. The first-order valence-electron chi connectivity index (χ1n) is 11.5. The summed E-state index contributed by atoms with van der Waals surface area (Å²) in [6, 6.07) is 6.85. The molecule has 0 aromatic carbocycles. The molecule has 5 rings (SSSR count). The number of hydrogen-bond acceptors (Lipinski definition) is 7. The van der Waals surface area contributed by atoms with Gasteiger partial charge in [0, 0.05) is 23.0 Å². The van der Waals surface area contributed by atoms with E-state index < -0.39 is 18.5 Å². The molecule has 1 atom stereocenters. The molecule has 0 bridgehead atoms. The average Bonchev–Trinajstić information content (AvgIpc) is 3.47. The van der Waals surface area contributed by atoms with Gasteiger partial charge < -0.3 is 14.9 Å². The molecule has 0 aliphatic heterocycles. The Morgan fingerprint density at radius 3 is 2.69 bits per heavy atom. The number of fused-ring (bicyclic) bond motifs is 1. The number of nitriles is 1. The molecule has 1 aliphatic rings. The highest BCUT2D eigenvalue weighted by atomic mass is 19.1. The van der Waals surface area contributed by atoms with Crippen LogP contribution in [-0.2, 0) is 0 Å². The normalized spacial score (nSPS) is 18.9. The van der Waals surface area contributed by atoms with Gasteiger partial charge in [-0.25, -0.2) is 8.91 Å². The molecule has 2 N–H and O–H groups in total. The Morgan fingerprint density at radius 1 is 1.20 bits per heavy atom. The number of pyridine rings is 2. The third kappa shape index (κ3) is 4.36. The van der Waals surface area contributed by atoms with Crippen molar-refractivity contribution >= 4 is 5.52 Å². The van der Waals surface area contributed by atoms with E-state index >= 15 is 0 Å². The maximum atomic E-state index is 13.3. The summed E-state index contributed by atoms with van der Waals surface area (Å²) < 4.78 is 23.1. The van der Waals surface area contributed by atoms with Gasteiger partial charge in [0.1, 0.15) is 28.7 Å². The van der Waals surface area contributed by atoms with Crippen LogP contribution in [0, 0.1) is 24.1 Å². The summed E-state index contributed by atoms with van der Waals surface area (Å²) in [4.78, 5) is 4.03. The molecule has 1 aliphatic carbocycles. The predicted molar refractivity (Wildman–Crippen MR) is 124 cm³/mol. The quantitative estimate of drug-likeness (QED) is 0.437. The zero-order valence-corrected chi connectivity index (χ0v) is 19.2. The molecule has 4 aromatic heterocycles. The van der Waals surface area contributed by atoms with Crippen molar-refractivity contribution in [2.24, 2.45) is 0 Å². The molecule has 180 valence electrons. The fraction of sp³-hybridized carbons (Fsp3) is 0.360. The van der Waals surface area contributed by atoms with Gasteiger partial charge in [-0.2, -0.15) is 15.5 Å². The number of nitrogens with zero attached hydrogens (tertiary/aromatic N) is 6. The summed E-state index contributed by atoms with van der Waals surface area (Å²) in [6.07, 6.45) is 8.27. The first kappa shape index (κ1) is 23.0. The summed E-state index contributed by atoms with van der Waals surface area (Å²) in [7, 11) is 0. The van der Waals surface area contributed by atoms with Crippen molar-refractivity contribution in [2.75, 3.05) is 6.61 Å². The lowest BCUT2D eigenvalue weighted by molar-refractivity contribution is 0.107. The second-order valence-electron chi connectivity index (χ2n) is 8.80. The lowest BCUT2D eigenvalue weighted by atomic mass is 9.93. The van der Waals surface area contributed by atoms with E-state index in [0.717, 1.165) is 48.7 Å². The molecule has 1 saturated carbocycles. The van der Waals surface area contributed by atoms with Gasteiger partial charge in [0.25, 0.3) is 0 Å². The van der Waals surface area contributed by atoms with Gasteiger partial charge in [0.2, 0.25) is 0 Å². The van der Waals surface area contributed by atoms with Crippen molar-refractivity contribution < 1.29 is 19.3 Å². The second-order valence-corrected chi connectivity index (χ2v) is 8.80. The van der Waals surface area contributed by atoms with Crippen LogP contribution < -0.4 is 4.74 Å². The zero-order valence-electron chi connectivity index (χ0n) is 19.2. The largest absolute Gasteiger partial charge is 0.479 e. The van der Waals surface area contributed by atoms with Crippen LogP contribution in [0.5, 0.6) is 5.75 Å². The van der Waals surface area contributed by atoms with E-state index in [1.54, 1.807) is 16.8 Å². The fourth-order valence-corrected chi connectivity index (χ4v) is 4.70. The summed E-state index contributed by atoms with van der Waals surface area (Å²) >= 11 is 0. The number of rotatable bonds is 6. The van der Waals surface area contributed by atoms with Crippen LogP contribution in [0.3, 0.4) is 0 Å². The van der Waals surface area contributed by atoms with Crippen molar-refractivity contribution in [2.45, 2.75) is 50.9 Å².